The molecule has 0 saturated carbocycles. The van der Waals surface area contributed by atoms with Gasteiger partial charge in [0.05, 0.1) is 12.6 Å². The monoisotopic (exact) mass is 197 g/mol. The normalized spacial score (nSPS) is 31.2. The number of halogens is 3. The Kier molecular flexibility index (Phi) is 3.18. The molecular formula is C8H14F3NO. The maximum absolute atomic E-state index is 11.9. The molecule has 2 nitrogen and oxygen atoms in total. The summed E-state index contributed by atoms with van der Waals surface area (Å²) in [5.41, 5.74) is 0. The summed E-state index contributed by atoms with van der Waals surface area (Å²) in [6.45, 7) is 1.49. The quantitative estimate of drug-likeness (QED) is 0.720. The van der Waals surface area contributed by atoms with E-state index in [1.54, 1.807) is 0 Å². The van der Waals surface area contributed by atoms with Gasteiger partial charge in [0, 0.05) is 13.1 Å². The number of aliphatic hydroxyl groups excluding tert-OH is 1. The topological polar surface area (TPSA) is 23.5 Å². The zero-order valence-corrected chi connectivity index (χ0v) is 7.51. The van der Waals surface area contributed by atoms with Gasteiger partial charge < -0.3 is 5.11 Å². The fraction of sp³-hybridized carbons (Fsp3) is 1.00. The summed E-state index contributed by atoms with van der Waals surface area (Å²) in [5, 5.41) is 9.35. The number of hydrogen-bond donors (Lipinski definition) is 1. The van der Waals surface area contributed by atoms with Crippen molar-refractivity contribution in [1.29, 1.82) is 0 Å². The van der Waals surface area contributed by atoms with Crippen LogP contribution in [0.3, 0.4) is 0 Å². The van der Waals surface area contributed by atoms with Crippen molar-refractivity contribution in [3.05, 3.63) is 0 Å². The van der Waals surface area contributed by atoms with Crippen molar-refractivity contribution in [2.75, 3.05) is 19.6 Å². The van der Waals surface area contributed by atoms with Gasteiger partial charge in [-0.15, -0.1) is 0 Å². The van der Waals surface area contributed by atoms with Crippen LogP contribution in [-0.2, 0) is 0 Å². The molecule has 0 aromatic rings. The van der Waals surface area contributed by atoms with Crippen molar-refractivity contribution in [3.8, 4) is 0 Å². The van der Waals surface area contributed by atoms with E-state index in [1.165, 1.54) is 4.90 Å². The molecule has 1 saturated heterocycles. The van der Waals surface area contributed by atoms with E-state index in [2.05, 4.69) is 0 Å². The van der Waals surface area contributed by atoms with E-state index in [9.17, 15) is 18.3 Å². The van der Waals surface area contributed by atoms with Crippen LogP contribution in [0.2, 0.25) is 0 Å². The summed E-state index contributed by atoms with van der Waals surface area (Å²) < 4.78 is 35.8. The fourth-order valence-corrected chi connectivity index (χ4v) is 1.73. The average Bonchev–Trinajstić information content (AvgIpc) is 2.26. The fourth-order valence-electron chi connectivity index (χ4n) is 1.73. The molecule has 0 radical (unpaired) electrons. The van der Waals surface area contributed by atoms with Gasteiger partial charge in [0.15, 0.2) is 0 Å². The Morgan fingerprint density at radius 3 is 2.38 bits per heavy atom. The van der Waals surface area contributed by atoms with Crippen molar-refractivity contribution in [2.24, 2.45) is 5.92 Å². The van der Waals surface area contributed by atoms with Crippen molar-refractivity contribution >= 4 is 0 Å². The molecule has 2 atom stereocenters. The van der Waals surface area contributed by atoms with Crippen LogP contribution in [0.1, 0.15) is 13.3 Å². The second-order valence-corrected chi connectivity index (χ2v) is 3.54. The van der Waals surface area contributed by atoms with Crippen LogP contribution < -0.4 is 0 Å². The summed E-state index contributed by atoms with van der Waals surface area (Å²) >= 11 is 0. The van der Waals surface area contributed by atoms with Gasteiger partial charge in [0.25, 0.3) is 0 Å². The van der Waals surface area contributed by atoms with E-state index < -0.39 is 18.8 Å². The SMILES string of the molecule is CCC1CN(CC(F)(F)F)CC1O. The highest BCUT2D eigenvalue weighted by Gasteiger charge is 2.37. The molecule has 1 aliphatic rings. The first-order valence-corrected chi connectivity index (χ1v) is 4.39. The minimum atomic E-state index is -4.15. The number of aliphatic hydroxyl groups is 1. The van der Waals surface area contributed by atoms with Gasteiger partial charge in [0.1, 0.15) is 0 Å². The summed E-state index contributed by atoms with van der Waals surface area (Å²) in [6, 6.07) is 0. The second-order valence-electron chi connectivity index (χ2n) is 3.54. The Hall–Kier alpha value is -0.290. The zero-order chi connectivity index (χ0) is 10.1. The number of nitrogens with zero attached hydrogens (tertiary/aromatic N) is 1. The molecule has 0 aromatic carbocycles. The largest absolute Gasteiger partial charge is 0.401 e. The van der Waals surface area contributed by atoms with E-state index >= 15 is 0 Å². The highest BCUT2D eigenvalue weighted by atomic mass is 19.4. The maximum Gasteiger partial charge on any atom is 0.401 e. The van der Waals surface area contributed by atoms with Crippen molar-refractivity contribution in [1.82, 2.24) is 4.90 Å². The molecule has 5 heteroatoms. The van der Waals surface area contributed by atoms with Gasteiger partial charge >= 0.3 is 6.18 Å². The van der Waals surface area contributed by atoms with E-state index in [0.717, 1.165) is 6.42 Å². The number of rotatable bonds is 2. The third-order valence-electron chi connectivity index (χ3n) is 2.41. The third-order valence-corrected chi connectivity index (χ3v) is 2.41. The number of likely N-dealkylation sites (tertiary alicyclic amines) is 1. The number of alkyl halides is 3. The maximum atomic E-state index is 11.9. The van der Waals surface area contributed by atoms with Gasteiger partial charge in [-0.05, 0) is 12.3 Å². The smallest absolute Gasteiger partial charge is 0.391 e. The Bertz CT molecular complexity index is 171. The van der Waals surface area contributed by atoms with E-state index in [0.29, 0.717) is 6.54 Å². The lowest BCUT2D eigenvalue weighted by Gasteiger charge is -2.16. The number of β-amino-alcohol motifs (C(OH)–C–C–N with tert-alkyl or cyclic N) is 1. The third kappa shape index (κ3) is 3.15. The lowest BCUT2D eigenvalue weighted by molar-refractivity contribution is -0.144. The molecule has 0 aliphatic carbocycles. The molecule has 1 aliphatic heterocycles. The van der Waals surface area contributed by atoms with Crippen molar-refractivity contribution in [3.63, 3.8) is 0 Å². The molecule has 0 bridgehead atoms. The van der Waals surface area contributed by atoms with Gasteiger partial charge in [-0.1, -0.05) is 6.92 Å². The first-order chi connectivity index (χ1) is 5.92. The molecule has 0 aromatic heterocycles. The van der Waals surface area contributed by atoms with Gasteiger partial charge in [-0.2, -0.15) is 13.2 Å². The van der Waals surface area contributed by atoms with E-state index in [4.69, 9.17) is 0 Å². The van der Waals surface area contributed by atoms with Crippen LogP contribution in [0.15, 0.2) is 0 Å². The molecule has 0 amide bonds. The van der Waals surface area contributed by atoms with Crippen LogP contribution in [0.5, 0.6) is 0 Å². The van der Waals surface area contributed by atoms with Crippen LogP contribution >= 0.6 is 0 Å². The molecule has 1 rings (SSSR count). The molecular weight excluding hydrogens is 183 g/mol. The van der Waals surface area contributed by atoms with Gasteiger partial charge in [-0.25, -0.2) is 0 Å². The zero-order valence-electron chi connectivity index (χ0n) is 7.51. The molecule has 1 N–H and O–H groups in total. The van der Waals surface area contributed by atoms with Crippen molar-refractivity contribution in [2.45, 2.75) is 25.6 Å². The number of hydrogen-bond acceptors (Lipinski definition) is 2. The van der Waals surface area contributed by atoms with Gasteiger partial charge in [-0.3, -0.25) is 4.90 Å². The van der Waals surface area contributed by atoms with Crippen LogP contribution in [0, 0.1) is 5.92 Å². The van der Waals surface area contributed by atoms with Crippen molar-refractivity contribution < 1.29 is 18.3 Å². The predicted octanol–water partition coefficient (Wildman–Crippen LogP) is 1.25. The predicted molar refractivity (Wildman–Crippen MR) is 42.3 cm³/mol. The second kappa shape index (κ2) is 3.84. The molecule has 1 heterocycles. The first kappa shape index (κ1) is 10.8. The minimum absolute atomic E-state index is 0.00218. The molecule has 1 fully saturated rings. The molecule has 0 spiro atoms. The van der Waals surface area contributed by atoms with Crippen LogP contribution in [-0.4, -0.2) is 41.9 Å². The molecule has 2 unspecified atom stereocenters. The Labute approximate surface area is 75.3 Å². The highest BCUT2D eigenvalue weighted by Crippen LogP contribution is 2.24. The van der Waals surface area contributed by atoms with Gasteiger partial charge in [0.2, 0.25) is 0 Å². The summed E-state index contributed by atoms with van der Waals surface area (Å²) in [7, 11) is 0. The highest BCUT2D eigenvalue weighted by molar-refractivity contribution is 4.83. The molecule has 13 heavy (non-hydrogen) atoms. The minimum Gasteiger partial charge on any atom is -0.391 e. The lowest BCUT2D eigenvalue weighted by atomic mass is 10.0. The summed E-state index contributed by atoms with van der Waals surface area (Å²) in [4.78, 5) is 1.26. The first-order valence-electron chi connectivity index (χ1n) is 4.39. The average molecular weight is 197 g/mol. The molecule has 78 valence electrons. The van der Waals surface area contributed by atoms with E-state index in [-0.39, 0.29) is 12.5 Å². The van der Waals surface area contributed by atoms with E-state index in [1.807, 2.05) is 6.92 Å². The standard InChI is InChI=1S/C8H14F3NO/c1-2-6-3-12(4-7(6)13)5-8(9,10)11/h6-7,13H,2-5H2,1H3. The Balaban J connectivity index is 2.40. The van der Waals surface area contributed by atoms with Crippen LogP contribution in [0.25, 0.3) is 0 Å². The summed E-state index contributed by atoms with van der Waals surface area (Å²) in [6.07, 6.45) is -4.01. The Morgan fingerprint density at radius 1 is 1.38 bits per heavy atom. The lowest BCUT2D eigenvalue weighted by Crippen LogP contribution is -2.33. The Morgan fingerprint density at radius 2 is 2.00 bits per heavy atom. The van der Waals surface area contributed by atoms with Crippen LogP contribution in [0.4, 0.5) is 13.2 Å². The summed E-state index contributed by atoms with van der Waals surface area (Å²) in [5.74, 6) is 0.00218.